The van der Waals surface area contributed by atoms with Gasteiger partial charge in [0.05, 0.1) is 11.6 Å². The van der Waals surface area contributed by atoms with Gasteiger partial charge in [0.2, 0.25) is 0 Å². The van der Waals surface area contributed by atoms with Crippen LogP contribution in [0.5, 0.6) is 0 Å². The van der Waals surface area contributed by atoms with E-state index in [-0.39, 0.29) is 17.2 Å². The van der Waals surface area contributed by atoms with Crippen LogP contribution in [0.15, 0.2) is 18.2 Å². The number of anilines is 2. The second-order valence-electron chi connectivity index (χ2n) is 5.66. The summed E-state index contributed by atoms with van der Waals surface area (Å²) in [4.78, 5) is 13.0. The molecule has 0 radical (unpaired) electrons. The second-order valence-corrected chi connectivity index (χ2v) is 5.66. The molecule has 4 nitrogen and oxygen atoms in total. The topological polar surface area (TPSA) is 66.6 Å². The van der Waals surface area contributed by atoms with Crippen LogP contribution in [-0.4, -0.2) is 24.2 Å². The number of halogens is 1. The molecule has 1 aromatic carbocycles. The van der Waals surface area contributed by atoms with Crippen LogP contribution < -0.4 is 10.6 Å². The van der Waals surface area contributed by atoms with Crippen molar-refractivity contribution in [1.29, 1.82) is 0 Å². The van der Waals surface area contributed by atoms with Crippen LogP contribution >= 0.6 is 0 Å². The monoisotopic (exact) mass is 264 g/mol. The highest BCUT2D eigenvalue weighted by Crippen LogP contribution is 2.59. The van der Waals surface area contributed by atoms with Crippen LogP contribution in [0.4, 0.5) is 15.8 Å². The predicted molar refractivity (Wildman–Crippen MR) is 70.4 cm³/mol. The quantitative estimate of drug-likeness (QED) is 0.803. The first-order chi connectivity index (χ1) is 9.02. The van der Waals surface area contributed by atoms with E-state index in [0.29, 0.717) is 24.5 Å². The second kappa shape index (κ2) is 4.11. The fourth-order valence-electron chi connectivity index (χ4n) is 3.22. The maximum atomic E-state index is 13.8. The van der Waals surface area contributed by atoms with Gasteiger partial charge in [0.15, 0.2) is 0 Å². The third kappa shape index (κ3) is 2.03. The van der Waals surface area contributed by atoms with Crippen molar-refractivity contribution in [3.63, 3.8) is 0 Å². The fourth-order valence-corrected chi connectivity index (χ4v) is 3.22. The number of benzene rings is 1. The number of piperidine rings is 1. The Labute approximate surface area is 111 Å². The van der Waals surface area contributed by atoms with E-state index in [4.69, 9.17) is 10.8 Å². The third-order valence-corrected chi connectivity index (χ3v) is 4.56. The fraction of sp³-hybridized carbons (Fsp3) is 0.500. The van der Waals surface area contributed by atoms with Crippen LogP contribution in [0.25, 0.3) is 0 Å². The van der Waals surface area contributed by atoms with E-state index in [2.05, 4.69) is 0 Å². The highest BCUT2D eigenvalue weighted by Gasteiger charge is 2.58. The van der Waals surface area contributed by atoms with Crippen molar-refractivity contribution < 1.29 is 14.3 Å². The van der Waals surface area contributed by atoms with Gasteiger partial charge in [0, 0.05) is 18.8 Å². The van der Waals surface area contributed by atoms with E-state index in [1.807, 2.05) is 4.90 Å². The normalized spacial score (nSPS) is 24.5. The molecule has 1 atom stereocenters. The van der Waals surface area contributed by atoms with Gasteiger partial charge in [0.1, 0.15) is 5.82 Å². The van der Waals surface area contributed by atoms with Crippen molar-refractivity contribution in [2.24, 2.45) is 11.3 Å². The van der Waals surface area contributed by atoms with Gasteiger partial charge in [-0.05, 0) is 42.9 Å². The number of nitrogens with zero attached hydrogens (tertiary/aromatic N) is 1. The van der Waals surface area contributed by atoms with Crippen molar-refractivity contribution in [2.75, 3.05) is 23.7 Å². The van der Waals surface area contributed by atoms with Gasteiger partial charge in [-0.2, -0.15) is 0 Å². The largest absolute Gasteiger partial charge is 0.481 e. The molecule has 5 heteroatoms. The Balaban J connectivity index is 1.69. The molecule has 0 bridgehead atoms. The first-order valence-corrected chi connectivity index (χ1v) is 6.55. The lowest BCUT2D eigenvalue weighted by atomic mass is 9.90. The molecule has 1 aliphatic heterocycles. The van der Waals surface area contributed by atoms with E-state index in [9.17, 15) is 9.18 Å². The van der Waals surface area contributed by atoms with E-state index in [1.165, 1.54) is 6.07 Å². The summed E-state index contributed by atoms with van der Waals surface area (Å²) in [5, 5.41) is 9.04. The Bertz CT molecular complexity index is 524. The Hall–Kier alpha value is -1.78. The molecule has 1 saturated heterocycles. The third-order valence-electron chi connectivity index (χ3n) is 4.56. The SMILES string of the molecule is Nc1ccc(N2CCC3(CC2)CC3C(=O)O)c(F)c1. The van der Waals surface area contributed by atoms with Gasteiger partial charge in [-0.1, -0.05) is 0 Å². The van der Waals surface area contributed by atoms with Crippen molar-refractivity contribution in [2.45, 2.75) is 19.3 Å². The van der Waals surface area contributed by atoms with E-state index < -0.39 is 5.97 Å². The average Bonchev–Trinajstić information content (AvgIpc) is 3.06. The molecule has 19 heavy (non-hydrogen) atoms. The van der Waals surface area contributed by atoms with Gasteiger partial charge in [0.25, 0.3) is 0 Å². The lowest BCUT2D eigenvalue weighted by Crippen LogP contribution is -2.36. The summed E-state index contributed by atoms with van der Waals surface area (Å²) >= 11 is 0. The zero-order valence-electron chi connectivity index (χ0n) is 10.6. The maximum Gasteiger partial charge on any atom is 0.307 e. The van der Waals surface area contributed by atoms with Crippen LogP contribution in [0.3, 0.4) is 0 Å². The molecule has 2 aliphatic rings. The molecule has 1 heterocycles. The summed E-state index contributed by atoms with van der Waals surface area (Å²) in [6, 6.07) is 4.72. The summed E-state index contributed by atoms with van der Waals surface area (Å²) in [5.74, 6) is -1.18. The number of rotatable bonds is 2. The summed E-state index contributed by atoms with van der Waals surface area (Å²) in [6.07, 6.45) is 2.43. The van der Waals surface area contributed by atoms with Crippen LogP contribution in [0.1, 0.15) is 19.3 Å². The van der Waals surface area contributed by atoms with Gasteiger partial charge < -0.3 is 15.7 Å². The first kappa shape index (κ1) is 12.3. The zero-order chi connectivity index (χ0) is 13.6. The van der Waals surface area contributed by atoms with Gasteiger partial charge in [-0.15, -0.1) is 0 Å². The number of nitrogens with two attached hydrogens (primary N) is 1. The molecule has 1 spiro atoms. The molecular weight excluding hydrogens is 247 g/mol. The molecule has 102 valence electrons. The molecule has 3 rings (SSSR count). The molecule has 1 unspecified atom stereocenters. The van der Waals surface area contributed by atoms with Gasteiger partial charge in [-0.3, -0.25) is 4.79 Å². The van der Waals surface area contributed by atoms with Crippen molar-refractivity contribution >= 4 is 17.3 Å². The number of nitrogen functional groups attached to an aromatic ring is 1. The lowest BCUT2D eigenvalue weighted by molar-refractivity contribution is -0.139. The van der Waals surface area contributed by atoms with E-state index >= 15 is 0 Å². The zero-order valence-corrected chi connectivity index (χ0v) is 10.6. The molecule has 1 aromatic rings. The van der Waals surface area contributed by atoms with Crippen molar-refractivity contribution in [3.8, 4) is 0 Å². The van der Waals surface area contributed by atoms with E-state index in [1.54, 1.807) is 12.1 Å². The Kier molecular flexibility index (Phi) is 2.66. The number of hydrogen-bond donors (Lipinski definition) is 2. The Morgan fingerprint density at radius 1 is 1.42 bits per heavy atom. The number of carboxylic acid groups (broad SMARTS) is 1. The minimum Gasteiger partial charge on any atom is -0.481 e. The molecular formula is C14H17FN2O2. The smallest absolute Gasteiger partial charge is 0.307 e. The van der Waals surface area contributed by atoms with Crippen LogP contribution in [0.2, 0.25) is 0 Å². The summed E-state index contributed by atoms with van der Waals surface area (Å²) in [7, 11) is 0. The minimum absolute atomic E-state index is 0.0212. The van der Waals surface area contributed by atoms with Gasteiger partial charge >= 0.3 is 5.97 Å². The van der Waals surface area contributed by atoms with Crippen LogP contribution in [0, 0.1) is 17.2 Å². The van der Waals surface area contributed by atoms with Gasteiger partial charge in [-0.25, -0.2) is 4.39 Å². The molecule has 2 fully saturated rings. The van der Waals surface area contributed by atoms with Crippen LogP contribution in [-0.2, 0) is 4.79 Å². The number of carboxylic acids is 1. The lowest BCUT2D eigenvalue weighted by Gasteiger charge is -2.34. The molecule has 0 aromatic heterocycles. The Morgan fingerprint density at radius 2 is 2.11 bits per heavy atom. The van der Waals surface area contributed by atoms with Crippen molar-refractivity contribution in [1.82, 2.24) is 0 Å². The predicted octanol–water partition coefficient (Wildman–Crippen LogP) is 2.10. The molecule has 1 saturated carbocycles. The number of aliphatic carboxylic acids is 1. The molecule has 0 amide bonds. The first-order valence-electron chi connectivity index (χ1n) is 6.55. The van der Waals surface area contributed by atoms with E-state index in [0.717, 1.165) is 19.3 Å². The number of hydrogen-bond acceptors (Lipinski definition) is 3. The summed E-state index contributed by atoms with van der Waals surface area (Å²) < 4.78 is 13.8. The summed E-state index contributed by atoms with van der Waals surface area (Å²) in [5.41, 5.74) is 6.50. The minimum atomic E-state index is -0.688. The standard InChI is InChI=1S/C14H17FN2O2/c15-11-7-9(16)1-2-12(11)17-5-3-14(4-6-17)8-10(14)13(18)19/h1-2,7,10H,3-6,8,16H2,(H,18,19). The van der Waals surface area contributed by atoms with Crippen molar-refractivity contribution in [3.05, 3.63) is 24.0 Å². The number of carbonyl (C=O) groups is 1. The highest BCUT2D eigenvalue weighted by atomic mass is 19.1. The highest BCUT2D eigenvalue weighted by molar-refractivity contribution is 5.75. The maximum absolute atomic E-state index is 13.8. The molecule has 3 N–H and O–H groups in total. The molecule has 1 aliphatic carbocycles. The summed E-state index contributed by atoms with van der Waals surface area (Å²) in [6.45, 7) is 1.43. The Morgan fingerprint density at radius 3 is 2.63 bits per heavy atom. The average molecular weight is 264 g/mol.